The van der Waals surface area contributed by atoms with Crippen molar-refractivity contribution in [1.82, 2.24) is 19.7 Å². The number of benzene rings is 1. The number of nitrogens with one attached hydrogen (secondary N) is 1. The highest BCUT2D eigenvalue weighted by Gasteiger charge is 2.11. The largest absolute Gasteiger partial charge is 0.363 e. The lowest BCUT2D eigenvalue weighted by molar-refractivity contribution is 0.535. The minimum absolute atomic E-state index is 0.177. The Morgan fingerprint density at radius 1 is 1.04 bits per heavy atom. The Morgan fingerprint density at radius 3 is 2.64 bits per heavy atom. The lowest BCUT2D eigenvalue weighted by Crippen LogP contribution is -2.08. The van der Waals surface area contributed by atoms with Crippen LogP contribution in [0.2, 0.25) is 0 Å². The van der Waals surface area contributed by atoms with Crippen LogP contribution in [0.25, 0.3) is 11.0 Å². The number of unbranched alkanes of at least 4 members (excludes halogenated alkanes) is 4. The van der Waals surface area contributed by atoms with E-state index in [1.807, 2.05) is 10.7 Å². The van der Waals surface area contributed by atoms with Crippen LogP contribution in [-0.2, 0) is 6.54 Å². The number of rotatable bonds is 9. The number of anilines is 1. The average molecular weight is 337 g/mol. The molecule has 1 N–H and O–H groups in total. The molecule has 132 valence electrons. The van der Waals surface area contributed by atoms with Crippen LogP contribution in [0.4, 0.5) is 5.82 Å². The van der Waals surface area contributed by atoms with Gasteiger partial charge in [0.1, 0.15) is 12.1 Å². The number of aryl methyl sites for hydroxylation is 1. The van der Waals surface area contributed by atoms with Crippen molar-refractivity contribution in [2.75, 3.05) is 5.32 Å². The number of hydrogen-bond donors (Lipinski definition) is 1. The van der Waals surface area contributed by atoms with Crippen LogP contribution in [0.1, 0.15) is 57.6 Å². The van der Waals surface area contributed by atoms with Crippen molar-refractivity contribution in [1.29, 1.82) is 0 Å². The molecule has 0 saturated heterocycles. The summed E-state index contributed by atoms with van der Waals surface area (Å²) in [5, 5.41) is 9.08. The van der Waals surface area contributed by atoms with Crippen LogP contribution in [0.3, 0.4) is 0 Å². The summed E-state index contributed by atoms with van der Waals surface area (Å²) in [6, 6.07) is 10.6. The second kappa shape index (κ2) is 8.60. The molecule has 5 heteroatoms. The van der Waals surface area contributed by atoms with E-state index < -0.39 is 0 Å². The van der Waals surface area contributed by atoms with Gasteiger partial charge in [0.25, 0.3) is 0 Å². The third-order valence-electron chi connectivity index (χ3n) is 4.51. The van der Waals surface area contributed by atoms with Crippen LogP contribution >= 0.6 is 0 Å². The lowest BCUT2D eigenvalue weighted by Gasteiger charge is -2.14. The Balaban J connectivity index is 1.69. The van der Waals surface area contributed by atoms with Crippen LogP contribution in [0, 0.1) is 0 Å². The van der Waals surface area contributed by atoms with Crippen LogP contribution < -0.4 is 5.32 Å². The van der Waals surface area contributed by atoms with Crippen molar-refractivity contribution >= 4 is 16.9 Å². The summed E-state index contributed by atoms with van der Waals surface area (Å²) < 4.78 is 2.00. The number of hydrogen-bond acceptors (Lipinski definition) is 4. The summed E-state index contributed by atoms with van der Waals surface area (Å²) in [6.45, 7) is 5.32. The molecule has 0 fully saturated rings. The van der Waals surface area contributed by atoms with Gasteiger partial charge in [-0.3, -0.25) is 4.68 Å². The topological polar surface area (TPSA) is 55.6 Å². The Labute approximate surface area is 149 Å². The molecular weight excluding hydrogens is 310 g/mol. The lowest BCUT2D eigenvalue weighted by atomic mass is 10.1. The molecule has 1 atom stereocenters. The molecule has 0 aliphatic rings. The van der Waals surface area contributed by atoms with Gasteiger partial charge in [0.15, 0.2) is 5.65 Å². The predicted molar refractivity (Wildman–Crippen MR) is 103 cm³/mol. The molecule has 0 aliphatic carbocycles. The maximum Gasteiger partial charge on any atom is 0.186 e. The molecule has 0 radical (unpaired) electrons. The quantitative estimate of drug-likeness (QED) is 0.560. The van der Waals surface area contributed by atoms with E-state index in [1.165, 1.54) is 31.2 Å². The molecule has 0 amide bonds. The van der Waals surface area contributed by atoms with E-state index in [-0.39, 0.29) is 6.04 Å². The van der Waals surface area contributed by atoms with E-state index in [9.17, 15) is 0 Å². The molecule has 1 aromatic carbocycles. The van der Waals surface area contributed by atoms with Crippen molar-refractivity contribution in [3.05, 3.63) is 48.4 Å². The third-order valence-corrected chi connectivity index (χ3v) is 4.51. The van der Waals surface area contributed by atoms with Gasteiger partial charge >= 0.3 is 0 Å². The number of aromatic nitrogens is 4. The second-order valence-electron chi connectivity index (χ2n) is 6.54. The van der Waals surface area contributed by atoms with Crippen LogP contribution in [0.5, 0.6) is 0 Å². The molecule has 3 aromatic rings. The van der Waals surface area contributed by atoms with E-state index in [0.717, 1.165) is 29.8 Å². The highest BCUT2D eigenvalue weighted by atomic mass is 15.3. The van der Waals surface area contributed by atoms with E-state index >= 15 is 0 Å². The normalized spacial score (nSPS) is 12.4. The van der Waals surface area contributed by atoms with Gasteiger partial charge in [-0.1, -0.05) is 62.9 Å². The van der Waals surface area contributed by atoms with Crippen molar-refractivity contribution in [2.24, 2.45) is 0 Å². The Morgan fingerprint density at radius 2 is 1.84 bits per heavy atom. The SMILES string of the molecule is CCCCCCCn1cc2c(N[C@H](C)c3ccccc3)ncnc2n1. The van der Waals surface area contributed by atoms with Crippen LogP contribution in [0.15, 0.2) is 42.9 Å². The Hall–Kier alpha value is -2.43. The highest BCUT2D eigenvalue weighted by molar-refractivity contribution is 5.85. The summed E-state index contributed by atoms with van der Waals surface area (Å²) in [6.07, 6.45) is 9.96. The molecule has 0 aliphatic heterocycles. The van der Waals surface area contributed by atoms with Gasteiger partial charge in [0.05, 0.1) is 5.39 Å². The van der Waals surface area contributed by atoms with E-state index in [4.69, 9.17) is 0 Å². The van der Waals surface area contributed by atoms with Gasteiger partial charge in [-0.05, 0) is 18.9 Å². The zero-order valence-electron chi connectivity index (χ0n) is 15.2. The summed E-state index contributed by atoms with van der Waals surface area (Å²) in [4.78, 5) is 8.75. The number of nitrogens with zero attached hydrogens (tertiary/aromatic N) is 4. The second-order valence-corrected chi connectivity index (χ2v) is 6.54. The summed E-state index contributed by atoms with van der Waals surface area (Å²) in [7, 11) is 0. The van der Waals surface area contributed by atoms with E-state index in [2.05, 4.69) is 64.7 Å². The molecule has 0 bridgehead atoms. The maximum atomic E-state index is 4.60. The molecule has 2 aromatic heterocycles. The molecule has 0 unspecified atom stereocenters. The molecule has 2 heterocycles. The first kappa shape index (κ1) is 17.4. The van der Waals surface area contributed by atoms with Gasteiger partial charge in [0.2, 0.25) is 0 Å². The third kappa shape index (κ3) is 4.56. The number of fused-ring (bicyclic) bond motifs is 1. The Bertz CT molecular complexity index is 781. The van der Waals surface area contributed by atoms with Crippen LogP contribution in [-0.4, -0.2) is 19.7 Å². The first-order valence-corrected chi connectivity index (χ1v) is 9.27. The zero-order valence-corrected chi connectivity index (χ0v) is 15.2. The Kier molecular flexibility index (Phi) is 5.99. The van der Waals surface area contributed by atoms with Gasteiger partial charge in [0, 0.05) is 18.8 Å². The van der Waals surface area contributed by atoms with Gasteiger partial charge < -0.3 is 5.32 Å². The fraction of sp³-hybridized carbons (Fsp3) is 0.450. The van der Waals surface area contributed by atoms with Gasteiger partial charge in [-0.25, -0.2) is 9.97 Å². The zero-order chi connectivity index (χ0) is 17.5. The standard InChI is InChI=1S/C20H27N5/c1-3-4-5-6-10-13-25-14-18-19(21-15-22-20(18)24-25)23-16(2)17-11-8-7-9-12-17/h7-9,11-12,14-16H,3-6,10,13H2,1-2H3,(H,21,22,23,24)/t16-/m1/s1. The molecule has 3 rings (SSSR count). The van der Waals surface area contributed by atoms with E-state index in [0.29, 0.717) is 0 Å². The predicted octanol–water partition coefficient (Wildman–Crippen LogP) is 4.97. The summed E-state index contributed by atoms with van der Waals surface area (Å²) in [5.41, 5.74) is 1.99. The fourth-order valence-electron chi connectivity index (χ4n) is 3.02. The van der Waals surface area contributed by atoms with Crippen molar-refractivity contribution in [2.45, 2.75) is 58.5 Å². The minimum Gasteiger partial charge on any atom is -0.363 e. The minimum atomic E-state index is 0.177. The average Bonchev–Trinajstić information content (AvgIpc) is 3.06. The smallest absolute Gasteiger partial charge is 0.186 e. The fourth-order valence-corrected chi connectivity index (χ4v) is 3.02. The monoisotopic (exact) mass is 337 g/mol. The maximum absolute atomic E-state index is 4.60. The van der Waals surface area contributed by atoms with E-state index in [1.54, 1.807) is 6.33 Å². The van der Waals surface area contributed by atoms with Crippen molar-refractivity contribution < 1.29 is 0 Å². The van der Waals surface area contributed by atoms with Gasteiger partial charge in [-0.15, -0.1) is 0 Å². The van der Waals surface area contributed by atoms with Gasteiger partial charge in [-0.2, -0.15) is 5.10 Å². The molecule has 0 spiro atoms. The van der Waals surface area contributed by atoms with Crippen molar-refractivity contribution in [3.63, 3.8) is 0 Å². The molecule has 5 nitrogen and oxygen atoms in total. The van der Waals surface area contributed by atoms with Crippen molar-refractivity contribution in [3.8, 4) is 0 Å². The molecular formula is C20H27N5. The summed E-state index contributed by atoms with van der Waals surface area (Å²) in [5.74, 6) is 0.846. The first-order valence-electron chi connectivity index (χ1n) is 9.27. The molecule has 0 saturated carbocycles. The molecule has 25 heavy (non-hydrogen) atoms. The highest BCUT2D eigenvalue weighted by Crippen LogP contribution is 2.23. The summed E-state index contributed by atoms with van der Waals surface area (Å²) >= 11 is 0. The first-order chi connectivity index (χ1) is 12.3.